The van der Waals surface area contributed by atoms with E-state index in [2.05, 4.69) is 4.99 Å². The Morgan fingerprint density at radius 3 is 1.70 bits per heavy atom. The second-order valence-electron chi connectivity index (χ2n) is 18.7. The van der Waals surface area contributed by atoms with Crippen molar-refractivity contribution in [3.63, 3.8) is 0 Å². The van der Waals surface area contributed by atoms with E-state index in [0.29, 0.717) is 23.3 Å². The maximum absolute atomic E-state index is 13.9. The lowest BCUT2D eigenvalue weighted by atomic mass is 9.74. The molecule has 77 heavy (non-hydrogen) atoms. The van der Waals surface area contributed by atoms with Crippen molar-refractivity contribution in [3.8, 4) is 5.75 Å². The van der Waals surface area contributed by atoms with Gasteiger partial charge in [0.25, 0.3) is 17.1 Å². The van der Waals surface area contributed by atoms with Gasteiger partial charge in [0.2, 0.25) is 5.91 Å². The minimum Gasteiger partial charge on any atom is -0.488 e. The van der Waals surface area contributed by atoms with Crippen LogP contribution in [0.2, 0.25) is 0 Å². The van der Waals surface area contributed by atoms with Gasteiger partial charge < -0.3 is 28.3 Å². The number of esters is 4. The van der Waals surface area contributed by atoms with Crippen LogP contribution in [0, 0.1) is 48.1 Å². The number of quaternary nitrogens is 1. The van der Waals surface area contributed by atoms with Gasteiger partial charge in [-0.25, -0.2) is 33.7 Å². The highest BCUT2D eigenvalue weighted by molar-refractivity contribution is 8.13. The van der Waals surface area contributed by atoms with Gasteiger partial charge in [-0.3, -0.25) is 35.1 Å². The number of thioether (sulfide) groups is 1. The van der Waals surface area contributed by atoms with E-state index in [1.54, 1.807) is 12.1 Å². The van der Waals surface area contributed by atoms with E-state index in [1.807, 2.05) is 59.1 Å². The number of nitro benzene ring substituents is 3. The zero-order chi connectivity index (χ0) is 56.0. The Balaban J connectivity index is 1.11. The van der Waals surface area contributed by atoms with Crippen molar-refractivity contribution in [2.45, 2.75) is 33.4 Å². The van der Waals surface area contributed by atoms with Gasteiger partial charge in [-0.15, -0.1) is 0 Å². The van der Waals surface area contributed by atoms with Gasteiger partial charge in [0, 0.05) is 58.8 Å². The number of nitrogens with zero attached hydrogens (tertiary/aromatic N) is 7. The first-order valence-electron chi connectivity index (χ1n) is 23.4. The summed E-state index contributed by atoms with van der Waals surface area (Å²) in [4.78, 5) is 131. The van der Waals surface area contributed by atoms with E-state index < -0.39 is 62.8 Å². The number of carbonyl (C=O) groups is 7. The average molecular weight is 1080 g/mol. The molecule has 398 valence electrons. The van der Waals surface area contributed by atoms with Crippen LogP contribution in [0.3, 0.4) is 0 Å². The fraction of sp³-hybridized carbons (Fsp3) is 0.269. The minimum absolute atomic E-state index is 0.0699. The van der Waals surface area contributed by atoms with Crippen LogP contribution in [-0.4, -0.2) is 122 Å². The van der Waals surface area contributed by atoms with Crippen LogP contribution in [-0.2, 0) is 30.3 Å². The smallest absolute Gasteiger partial charge is 0.444 e. The summed E-state index contributed by atoms with van der Waals surface area (Å²) in [6.07, 6.45) is -1.32. The number of likely N-dealkylation sites (N-methyl/N-ethyl adjacent to an activating group) is 1. The number of nitro groups is 3. The molecule has 3 atom stereocenters. The molecule has 0 aromatic heterocycles. The second kappa shape index (κ2) is 23.1. The van der Waals surface area contributed by atoms with Crippen LogP contribution in [0.4, 0.5) is 26.7 Å². The number of non-ortho nitro benzene ring substituents is 3. The predicted octanol–water partition coefficient (Wildman–Crippen LogP) is 8.27. The Bertz CT molecular complexity index is 3310. The van der Waals surface area contributed by atoms with E-state index in [4.69, 9.17) is 18.9 Å². The summed E-state index contributed by atoms with van der Waals surface area (Å²) in [6.45, 7) is 5.65. The molecule has 0 aliphatic carbocycles. The molecule has 5 aromatic rings. The third-order valence-corrected chi connectivity index (χ3v) is 13.6. The fourth-order valence-corrected chi connectivity index (χ4v) is 9.50. The molecule has 0 spiro atoms. The van der Waals surface area contributed by atoms with Crippen LogP contribution in [0.25, 0.3) is 10.8 Å². The standard InChI is InChI=1S/C52H48N7O17S/c1-29(2)42-43-30(3)40(44(55(43)45(42)60)49(64)74-46(61)31-13-19-35(20-14-31)56(67)68)28-73-41-12-8-10-38-34(9-7-11-39(38)41)27-59(4,5)26-25-54(52(66)76-48(63)33-17-23-37(24-18-33)58(71)72)50(77-6)53-51(65)75-47(62)32-15-21-36(22-16-32)57(69)70/h7-24,29-30,42-43H,25-28H2,1-6H3/q+1/b53-50-/t30-,42+,43+/m0/s1. The molecule has 0 N–H and O–H groups in total. The highest BCUT2D eigenvalue weighted by Crippen LogP contribution is 2.49. The molecule has 0 saturated carbocycles. The van der Waals surface area contributed by atoms with Crippen LogP contribution >= 0.6 is 11.8 Å². The number of amides is 3. The Morgan fingerprint density at radius 1 is 0.701 bits per heavy atom. The van der Waals surface area contributed by atoms with Crippen molar-refractivity contribution < 1.29 is 71.8 Å². The number of β-lactam (4-membered cyclic amide) rings is 1. The molecule has 2 aliphatic heterocycles. The molecule has 7 rings (SSSR count). The van der Waals surface area contributed by atoms with E-state index in [0.717, 1.165) is 100 Å². The van der Waals surface area contributed by atoms with E-state index >= 15 is 0 Å². The lowest BCUT2D eigenvalue weighted by Gasteiger charge is -2.47. The first-order valence-corrected chi connectivity index (χ1v) is 24.7. The maximum Gasteiger partial charge on any atom is 0.444 e. The predicted molar refractivity (Wildman–Crippen MR) is 274 cm³/mol. The number of fused-ring (bicyclic) bond motifs is 2. The summed E-state index contributed by atoms with van der Waals surface area (Å²) in [5.41, 5.74) is -0.327. The van der Waals surface area contributed by atoms with Crippen molar-refractivity contribution >= 4 is 86.7 Å². The van der Waals surface area contributed by atoms with Gasteiger partial charge in [-0.05, 0) is 60.0 Å². The number of ether oxygens (including phenoxy) is 4. The Hall–Kier alpha value is -9.23. The molecule has 1 fully saturated rings. The maximum atomic E-state index is 13.9. The lowest BCUT2D eigenvalue weighted by Crippen LogP contribution is -2.62. The van der Waals surface area contributed by atoms with Crippen molar-refractivity contribution in [1.82, 2.24) is 9.80 Å². The first kappa shape index (κ1) is 55.5. The molecule has 0 unspecified atom stereocenters. The van der Waals surface area contributed by atoms with Gasteiger partial charge >= 0.3 is 36.1 Å². The van der Waals surface area contributed by atoms with Gasteiger partial charge in [-0.2, -0.15) is 4.99 Å². The molecule has 1 saturated heterocycles. The topological polar surface area (TPSA) is 305 Å². The van der Waals surface area contributed by atoms with Crippen molar-refractivity contribution in [2.75, 3.05) is 40.0 Å². The van der Waals surface area contributed by atoms with E-state index in [-0.39, 0.29) is 86.5 Å². The van der Waals surface area contributed by atoms with Crippen molar-refractivity contribution in [2.24, 2.45) is 22.7 Å². The molecule has 0 bridgehead atoms. The fourth-order valence-electron chi connectivity index (χ4n) is 8.95. The molecule has 25 heteroatoms. The van der Waals surface area contributed by atoms with E-state index in [1.165, 1.54) is 11.2 Å². The SMILES string of the molecule is CS/C(=N\C(=O)OC(=O)c1ccc([N+](=O)[O-])cc1)N(CC[N+](C)(C)Cc1cccc2c(OCC3=C(C(=O)OC(=O)c4ccc([N+](=O)[O-])cc4)N4C(=O)[C@H](C(C)C)[C@H]4[C@H]3C)cccc12)C(=O)OC(=O)c1ccc([N+](=O)[O-])cc1. The Labute approximate surface area is 441 Å². The van der Waals surface area contributed by atoms with Crippen LogP contribution < -0.4 is 4.74 Å². The quantitative estimate of drug-likeness (QED) is 0.0103. The summed E-state index contributed by atoms with van der Waals surface area (Å²) in [5, 5.41) is 34.5. The molecular weight excluding hydrogens is 1030 g/mol. The normalized spacial score (nSPS) is 16.0. The Morgan fingerprint density at radius 2 is 1.19 bits per heavy atom. The van der Waals surface area contributed by atoms with Gasteiger partial charge in [0.05, 0.1) is 70.6 Å². The average Bonchev–Trinajstić information content (AvgIpc) is 3.81. The number of rotatable bonds is 16. The third-order valence-electron chi connectivity index (χ3n) is 12.9. The van der Waals surface area contributed by atoms with Crippen molar-refractivity contribution in [1.29, 1.82) is 0 Å². The zero-order valence-electron chi connectivity index (χ0n) is 42.0. The number of aliphatic imine (C=N–C) groups is 1. The summed E-state index contributed by atoms with van der Waals surface area (Å²) in [5.74, 6) is -5.29. The zero-order valence-corrected chi connectivity index (χ0v) is 42.8. The number of hydrogen-bond acceptors (Lipinski definition) is 18. The van der Waals surface area contributed by atoms with E-state index in [9.17, 15) is 63.9 Å². The molecule has 3 amide bonds. The molecule has 5 aromatic carbocycles. The third kappa shape index (κ3) is 12.3. The van der Waals surface area contributed by atoms with Gasteiger partial charge in [0.15, 0.2) is 5.17 Å². The number of carbonyl (C=O) groups excluding carboxylic acids is 7. The number of hydrogen-bond donors (Lipinski definition) is 0. The van der Waals surface area contributed by atoms with Gasteiger partial charge in [-0.1, -0.05) is 62.9 Å². The van der Waals surface area contributed by atoms with Crippen LogP contribution in [0.1, 0.15) is 57.4 Å². The molecule has 24 nitrogen and oxygen atoms in total. The van der Waals surface area contributed by atoms with Crippen LogP contribution in [0.5, 0.6) is 5.75 Å². The molecule has 0 radical (unpaired) electrons. The Kier molecular flexibility index (Phi) is 16.7. The molecule has 2 aliphatic rings. The number of benzene rings is 5. The number of amidine groups is 1. The summed E-state index contributed by atoms with van der Waals surface area (Å²) in [7, 11) is 3.68. The van der Waals surface area contributed by atoms with Crippen LogP contribution in [0.15, 0.2) is 125 Å². The molecule has 2 heterocycles. The highest BCUT2D eigenvalue weighted by Gasteiger charge is 2.59. The minimum atomic E-state index is -1.47. The second-order valence-corrected chi connectivity index (χ2v) is 19.4. The first-order chi connectivity index (χ1) is 36.5. The lowest BCUT2D eigenvalue weighted by molar-refractivity contribution is -0.902. The summed E-state index contributed by atoms with van der Waals surface area (Å²) in [6, 6.07) is 23.5. The highest BCUT2D eigenvalue weighted by atomic mass is 32.2. The summed E-state index contributed by atoms with van der Waals surface area (Å²) >= 11 is 0.771. The summed E-state index contributed by atoms with van der Waals surface area (Å²) < 4.78 is 21.9. The molecular formula is C52H48N7O17S+. The van der Waals surface area contributed by atoms with Gasteiger partial charge in [0.1, 0.15) is 24.6 Å². The largest absolute Gasteiger partial charge is 0.488 e. The monoisotopic (exact) mass is 1070 g/mol. The van der Waals surface area contributed by atoms with Crippen molar-refractivity contribution in [3.05, 3.63) is 173 Å².